The molecule has 128 valence electrons. The van der Waals surface area contributed by atoms with E-state index in [2.05, 4.69) is 0 Å². The molecule has 18 heteroatoms. The number of alkyl halides is 10. The Hall–Kier alpha value is 1.21. The van der Waals surface area contributed by atoms with Crippen molar-refractivity contribution in [1.29, 1.82) is 0 Å². The van der Waals surface area contributed by atoms with Gasteiger partial charge in [-0.3, -0.25) is 0 Å². The van der Waals surface area contributed by atoms with E-state index in [9.17, 15) is 60.7 Å². The maximum Gasteiger partial charge on any atom is 1.00 e. The molecule has 0 atom stereocenters. The van der Waals surface area contributed by atoms with Gasteiger partial charge in [0.25, 0.3) is 0 Å². The van der Waals surface area contributed by atoms with E-state index in [0.717, 1.165) is 0 Å². The molecule has 0 unspecified atom stereocenters. The molecule has 0 aliphatic carbocycles. The molecule has 0 radical (unpaired) electrons. The van der Waals surface area contributed by atoms with Crippen LogP contribution in [0.4, 0.5) is 43.9 Å². The number of rotatable bonds is 4. The summed E-state index contributed by atoms with van der Waals surface area (Å²) in [6.45, 7) is 0. The molecule has 0 aliphatic rings. The van der Waals surface area contributed by atoms with E-state index in [1.165, 1.54) is 0 Å². The van der Waals surface area contributed by atoms with E-state index in [4.69, 9.17) is 0 Å². The summed E-state index contributed by atoms with van der Waals surface area (Å²) in [5, 5.41) is -14.0. The molecule has 0 saturated heterocycles. The fourth-order valence-electron chi connectivity index (χ4n) is 0.515. The Morgan fingerprint density at radius 1 is 0.545 bits per heavy atom. The summed E-state index contributed by atoms with van der Waals surface area (Å²) in [5.74, 6) is 0. The van der Waals surface area contributed by atoms with Gasteiger partial charge in [0.15, 0.2) is 20.0 Å². The minimum Gasteiger partial charge on any atom is -0.425 e. The van der Waals surface area contributed by atoms with Crippen LogP contribution in [0.5, 0.6) is 0 Å². The Labute approximate surface area is 174 Å². The third-order valence-electron chi connectivity index (χ3n) is 1.50. The van der Waals surface area contributed by atoms with Crippen molar-refractivity contribution >= 4 is 20.0 Å². The third-order valence-corrected chi connectivity index (χ3v) is 4.83. The van der Waals surface area contributed by atoms with Crippen LogP contribution in [0.15, 0.2) is 0 Å². The first-order valence-electron chi connectivity index (χ1n) is 3.83. The van der Waals surface area contributed by atoms with Crippen molar-refractivity contribution in [3.05, 3.63) is 4.13 Å². The van der Waals surface area contributed by atoms with Gasteiger partial charge in [-0.15, -0.1) is 0 Å². The van der Waals surface area contributed by atoms with Crippen LogP contribution in [-0.2, 0) is 20.0 Å². The summed E-state index contributed by atoms with van der Waals surface area (Å²) in [6.07, 6.45) is -14.0. The monoisotopic (exact) mass is 513 g/mol. The molecule has 0 N–H and O–H groups in total. The first kappa shape index (κ1) is 25.5. The molecule has 0 fully saturated rings. The van der Waals surface area contributed by atoms with E-state index < -0.39 is 42.9 Å². The molecule has 0 aliphatic heterocycles. The summed E-state index contributed by atoms with van der Waals surface area (Å²) < 4.78 is 161. The van der Waals surface area contributed by atoms with Crippen molar-refractivity contribution in [3.63, 3.8) is 0 Å². The van der Waals surface area contributed by atoms with Gasteiger partial charge in [0.05, 0.1) is 0 Å². The zero-order valence-corrected chi connectivity index (χ0v) is 17.6. The molecule has 0 amide bonds. The zero-order valence-electron chi connectivity index (χ0n) is 9.68. The molecule has 0 saturated carbocycles. The maximum atomic E-state index is 12.3. The van der Waals surface area contributed by atoms with Crippen molar-refractivity contribution in [2.45, 2.75) is 22.9 Å². The molecule has 0 bridgehead atoms. The van der Waals surface area contributed by atoms with Gasteiger partial charge in [-0.05, 0) is 0 Å². The van der Waals surface area contributed by atoms with E-state index >= 15 is 0 Å². The maximum absolute atomic E-state index is 12.3. The molecule has 0 heterocycles. The van der Waals surface area contributed by atoms with Gasteiger partial charge in [-0.1, -0.05) is 0 Å². The number of hydrogen-bond donors (Lipinski definition) is 0. The van der Waals surface area contributed by atoms with E-state index in [1.807, 2.05) is 0 Å². The molecule has 0 rings (SSSR count). The minimum atomic E-state index is -7.62. The molecule has 0 aromatic rings. The molecule has 0 aromatic heterocycles. The summed E-state index contributed by atoms with van der Waals surface area (Å²) in [7, 11) is -15.2. The summed E-state index contributed by atoms with van der Waals surface area (Å²) in [5.41, 5.74) is 0. The standard InChI is InChI=1S/C4F10NO4S2.Cs/c5-1(6,7)3(11,12)20(16,17)15-21(18,19)4(13,14)2(8,9)10;/q-1;+1. The Morgan fingerprint density at radius 3 is 0.864 bits per heavy atom. The number of halogens is 10. The van der Waals surface area contributed by atoms with Gasteiger partial charge in [0, 0.05) is 0 Å². The Morgan fingerprint density at radius 2 is 0.727 bits per heavy atom. The van der Waals surface area contributed by atoms with Gasteiger partial charge in [-0.2, -0.15) is 43.9 Å². The van der Waals surface area contributed by atoms with Crippen LogP contribution >= 0.6 is 0 Å². The molecule has 0 aromatic carbocycles. The first-order valence-corrected chi connectivity index (χ1v) is 6.71. The second-order valence-corrected chi connectivity index (χ2v) is 6.58. The normalized spacial score (nSPS) is 15.4. The van der Waals surface area contributed by atoms with Gasteiger partial charge in [0.1, 0.15) is 0 Å². The largest absolute Gasteiger partial charge is 1.00 e. The van der Waals surface area contributed by atoms with Crippen LogP contribution < -0.4 is 68.9 Å². The van der Waals surface area contributed by atoms with Crippen LogP contribution in [-0.4, -0.2) is 39.7 Å². The van der Waals surface area contributed by atoms with Crippen molar-refractivity contribution in [3.8, 4) is 0 Å². The van der Waals surface area contributed by atoms with Crippen LogP contribution in [0.3, 0.4) is 0 Å². The fraction of sp³-hybridized carbons (Fsp3) is 1.00. The molecule has 22 heavy (non-hydrogen) atoms. The second-order valence-electron chi connectivity index (χ2n) is 3.05. The van der Waals surface area contributed by atoms with Crippen LogP contribution in [0.1, 0.15) is 0 Å². The molecular weight excluding hydrogens is 513 g/mol. The summed E-state index contributed by atoms with van der Waals surface area (Å²) in [4.78, 5) is 0. The van der Waals surface area contributed by atoms with Crippen LogP contribution in [0, 0.1) is 0 Å². The second kappa shape index (κ2) is 6.84. The number of nitrogens with zero attached hydrogens (tertiary/aromatic N) is 1. The third kappa shape index (κ3) is 4.64. The fourth-order valence-corrected chi connectivity index (χ4v) is 2.88. The smallest absolute Gasteiger partial charge is 0.425 e. The minimum absolute atomic E-state index is 0. The molecule has 5 nitrogen and oxygen atoms in total. The van der Waals surface area contributed by atoms with E-state index in [0.29, 0.717) is 4.13 Å². The Balaban J connectivity index is 0. The van der Waals surface area contributed by atoms with Gasteiger partial charge in [0.2, 0.25) is 0 Å². The van der Waals surface area contributed by atoms with Crippen LogP contribution in [0.25, 0.3) is 4.13 Å². The summed E-state index contributed by atoms with van der Waals surface area (Å²) >= 11 is 0. The van der Waals surface area contributed by atoms with Gasteiger partial charge >= 0.3 is 91.8 Å². The summed E-state index contributed by atoms with van der Waals surface area (Å²) in [6, 6.07) is 0. The quantitative estimate of drug-likeness (QED) is 0.468. The van der Waals surface area contributed by atoms with Gasteiger partial charge in [-0.25, -0.2) is 16.8 Å². The molecule has 0 spiro atoms. The van der Waals surface area contributed by atoms with Crippen LogP contribution in [0.2, 0.25) is 0 Å². The van der Waals surface area contributed by atoms with Crippen molar-refractivity contribution < 1.29 is 130 Å². The predicted octanol–water partition coefficient (Wildman–Crippen LogP) is -0.666. The average molecular weight is 513 g/mol. The average Bonchev–Trinajstić information content (AvgIpc) is 2.11. The number of hydrogen-bond acceptors (Lipinski definition) is 4. The zero-order chi connectivity index (χ0) is 17.7. The molecular formula is C4CsF10NO4S2. The first-order chi connectivity index (χ1) is 8.71. The van der Waals surface area contributed by atoms with Crippen molar-refractivity contribution in [2.75, 3.05) is 0 Å². The topological polar surface area (TPSA) is 82.4 Å². The van der Waals surface area contributed by atoms with E-state index in [-0.39, 0.29) is 68.9 Å². The van der Waals surface area contributed by atoms with Crippen molar-refractivity contribution in [2.24, 2.45) is 0 Å². The Kier molecular flexibility index (Phi) is 7.92. The number of sulfonamides is 2. The Bertz CT molecular complexity index is 550. The predicted molar refractivity (Wildman–Crippen MR) is 43.2 cm³/mol. The van der Waals surface area contributed by atoms with Crippen molar-refractivity contribution in [1.82, 2.24) is 0 Å². The van der Waals surface area contributed by atoms with E-state index in [1.54, 1.807) is 0 Å². The SMILES string of the molecule is O=S(=O)([N-]S(=O)(=O)C(F)(F)C(F)(F)F)C(F)(F)C(F)(F)F.[Cs+]. The van der Waals surface area contributed by atoms with Gasteiger partial charge < -0.3 is 4.13 Å².